The van der Waals surface area contributed by atoms with Crippen LogP contribution in [0.2, 0.25) is 0 Å². The van der Waals surface area contributed by atoms with Gasteiger partial charge in [0.05, 0.1) is 5.60 Å². The summed E-state index contributed by atoms with van der Waals surface area (Å²) in [6.07, 6.45) is 8.17. The van der Waals surface area contributed by atoms with Crippen LogP contribution in [0.1, 0.15) is 65.7 Å². The summed E-state index contributed by atoms with van der Waals surface area (Å²) in [5.74, 6) is 2.15. The van der Waals surface area contributed by atoms with Gasteiger partial charge in [0.15, 0.2) is 0 Å². The summed E-state index contributed by atoms with van der Waals surface area (Å²) in [4.78, 5) is 0. The SMILES string of the molecule is CCNC1CCC(O)(C2CC(C)CC(C)C2)CC1. The van der Waals surface area contributed by atoms with Gasteiger partial charge in [-0.3, -0.25) is 0 Å². The van der Waals surface area contributed by atoms with Crippen molar-refractivity contribution in [1.29, 1.82) is 0 Å². The molecule has 0 aromatic heterocycles. The van der Waals surface area contributed by atoms with E-state index in [1.165, 1.54) is 19.3 Å². The van der Waals surface area contributed by atoms with Gasteiger partial charge >= 0.3 is 0 Å². The lowest BCUT2D eigenvalue weighted by atomic mass is 9.65. The van der Waals surface area contributed by atoms with Crippen molar-refractivity contribution >= 4 is 0 Å². The van der Waals surface area contributed by atoms with Crippen LogP contribution in [0.4, 0.5) is 0 Å². The maximum atomic E-state index is 11.0. The lowest BCUT2D eigenvalue weighted by molar-refractivity contribution is -0.0783. The molecule has 0 spiro atoms. The maximum Gasteiger partial charge on any atom is 0.0677 e. The van der Waals surface area contributed by atoms with Gasteiger partial charge in [-0.25, -0.2) is 0 Å². The molecule has 2 rings (SSSR count). The fourth-order valence-corrected chi connectivity index (χ4v) is 4.40. The first-order chi connectivity index (χ1) is 8.53. The smallest absolute Gasteiger partial charge is 0.0677 e. The van der Waals surface area contributed by atoms with E-state index in [1.807, 2.05) is 0 Å². The second-order valence-electron chi connectivity index (χ2n) is 7.05. The first kappa shape index (κ1) is 14.3. The van der Waals surface area contributed by atoms with Crippen LogP contribution in [0.15, 0.2) is 0 Å². The zero-order valence-electron chi connectivity index (χ0n) is 12.4. The highest BCUT2D eigenvalue weighted by molar-refractivity contribution is 4.95. The van der Waals surface area contributed by atoms with E-state index in [4.69, 9.17) is 0 Å². The molecule has 2 unspecified atom stereocenters. The molecule has 0 heterocycles. The number of rotatable bonds is 3. The van der Waals surface area contributed by atoms with Gasteiger partial charge < -0.3 is 10.4 Å². The highest BCUT2D eigenvalue weighted by Gasteiger charge is 2.42. The second kappa shape index (κ2) is 5.92. The molecule has 0 saturated heterocycles. The van der Waals surface area contributed by atoms with Gasteiger partial charge in [0.2, 0.25) is 0 Å². The van der Waals surface area contributed by atoms with E-state index < -0.39 is 0 Å². The fraction of sp³-hybridized carbons (Fsp3) is 1.00. The molecule has 0 aromatic carbocycles. The van der Waals surface area contributed by atoms with Crippen molar-refractivity contribution in [2.75, 3.05) is 6.54 Å². The van der Waals surface area contributed by atoms with Gasteiger partial charge in [-0.05, 0) is 69.2 Å². The minimum atomic E-state index is -0.352. The van der Waals surface area contributed by atoms with Crippen molar-refractivity contribution in [3.8, 4) is 0 Å². The van der Waals surface area contributed by atoms with E-state index in [-0.39, 0.29) is 5.60 Å². The highest BCUT2D eigenvalue weighted by atomic mass is 16.3. The highest BCUT2D eigenvalue weighted by Crippen LogP contribution is 2.44. The molecule has 106 valence electrons. The molecule has 2 nitrogen and oxygen atoms in total. The topological polar surface area (TPSA) is 32.3 Å². The predicted molar refractivity (Wildman–Crippen MR) is 76.6 cm³/mol. The van der Waals surface area contributed by atoms with E-state index in [1.54, 1.807) is 0 Å². The summed E-state index contributed by atoms with van der Waals surface area (Å²) in [6.45, 7) is 7.94. The van der Waals surface area contributed by atoms with Gasteiger partial charge in [-0.1, -0.05) is 20.8 Å². The van der Waals surface area contributed by atoms with E-state index >= 15 is 0 Å². The zero-order chi connectivity index (χ0) is 13.2. The van der Waals surface area contributed by atoms with Crippen LogP contribution in [0.25, 0.3) is 0 Å². The number of aliphatic hydroxyl groups is 1. The molecule has 2 aliphatic rings. The molecule has 2 heteroatoms. The lowest BCUT2D eigenvalue weighted by Crippen LogP contribution is -2.47. The standard InChI is InChI=1S/C16H31NO/c1-4-17-15-5-7-16(18,8-6-15)14-10-12(2)9-13(3)11-14/h12-15,17-18H,4-11H2,1-3H3. The third-order valence-corrected chi connectivity index (χ3v) is 5.28. The molecule has 2 atom stereocenters. The van der Waals surface area contributed by atoms with Crippen molar-refractivity contribution in [2.24, 2.45) is 17.8 Å². The average Bonchev–Trinajstić information content (AvgIpc) is 2.31. The summed E-state index contributed by atoms with van der Waals surface area (Å²) < 4.78 is 0. The monoisotopic (exact) mass is 253 g/mol. The Morgan fingerprint density at radius 2 is 1.61 bits per heavy atom. The molecule has 2 saturated carbocycles. The Bertz CT molecular complexity index is 248. The van der Waals surface area contributed by atoms with E-state index in [9.17, 15) is 5.11 Å². The van der Waals surface area contributed by atoms with Crippen molar-refractivity contribution in [1.82, 2.24) is 5.32 Å². The first-order valence-electron chi connectivity index (χ1n) is 7.99. The summed E-state index contributed by atoms with van der Waals surface area (Å²) in [6, 6.07) is 0.647. The van der Waals surface area contributed by atoms with Crippen molar-refractivity contribution < 1.29 is 5.11 Å². The summed E-state index contributed by atoms with van der Waals surface area (Å²) in [5, 5.41) is 14.5. The van der Waals surface area contributed by atoms with Gasteiger partial charge in [0.1, 0.15) is 0 Å². The average molecular weight is 253 g/mol. The quantitative estimate of drug-likeness (QED) is 0.808. The minimum Gasteiger partial charge on any atom is -0.390 e. The molecule has 18 heavy (non-hydrogen) atoms. The van der Waals surface area contributed by atoms with E-state index in [0.717, 1.165) is 44.1 Å². The molecule has 0 radical (unpaired) electrons. The number of hydrogen-bond acceptors (Lipinski definition) is 2. The third kappa shape index (κ3) is 3.27. The Kier molecular flexibility index (Phi) is 4.71. The Labute approximate surface area is 113 Å². The molecule has 0 aromatic rings. The lowest BCUT2D eigenvalue weighted by Gasteiger charge is -2.46. The van der Waals surface area contributed by atoms with E-state index in [0.29, 0.717) is 12.0 Å². The van der Waals surface area contributed by atoms with Crippen molar-refractivity contribution in [2.45, 2.75) is 77.4 Å². The normalized spacial score (nSPS) is 46.0. The van der Waals surface area contributed by atoms with Crippen LogP contribution < -0.4 is 5.32 Å². The Morgan fingerprint density at radius 1 is 1.06 bits per heavy atom. The summed E-state index contributed by atoms with van der Waals surface area (Å²) in [7, 11) is 0. The molecule has 2 fully saturated rings. The van der Waals surface area contributed by atoms with Gasteiger partial charge in [0.25, 0.3) is 0 Å². The molecule has 2 aliphatic carbocycles. The molecule has 0 amide bonds. The third-order valence-electron chi connectivity index (χ3n) is 5.28. The maximum absolute atomic E-state index is 11.0. The van der Waals surface area contributed by atoms with Crippen LogP contribution in [-0.2, 0) is 0 Å². The predicted octanol–water partition coefficient (Wildman–Crippen LogP) is 3.34. The van der Waals surface area contributed by atoms with Crippen molar-refractivity contribution in [3.05, 3.63) is 0 Å². The van der Waals surface area contributed by atoms with E-state index in [2.05, 4.69) is 26.1 Å². The molecule has 0 aliphatic heterocycles. The van der Waals surface area contributed by atoms with Crippen LogP contribution in [0.5, 0.6) is 0 Å². The van der Waals surface area contributed by atoms with Crippen LogP contribution in [0, 0.1) is 17.8 Å². The van der Waals surface area contributed by atoms with Gasteiger partial charge in [-0.15, -0.1) is 0 Å². The first-order valence-corrected chi connectivity index (χ1v) is 7.99. The minimum absolute atomic E-state index is 0.352. The van der Waals surface area contributed by atoms with Crippen LogP contribution in [-0.4, -0.2) is 23.3 Å². The Hall–Kier alpha value is -0.0800. The molecule has 2 N–H and O–H groups in total. The zero-order valence-corrected chi connectivity index (χ0v) is 12.4. The number of nitrogens with one attached hydrogen (secondary N) is 1. The molecule has 0 bridgehead atoms. The molecular formula is C16H31NO. The Balaban J connectivity index is 1.91. The van der Waals surface area contributed by atoms with Crippen LogP contribution >= 0.6 is 0 Å². The number of hydrogen-bond donors (Lipinski definition) is 2. The van der Waals surface area contributed by atoms with Gasteiger partial charge in [-0.2, -0.15) is 0 Å². The largest absolute Gasteiger partial charge is 0.390 e. The van der Waals surface area contributed by atoms with Crippen molar-refractivity contribution in [3.63, 3.8) is 0 Å². The van der Waals surface area contributed by atoms with Gasteiger partial charge in [0, 0.05) is 6.04 Å². The van der Waals surface area contributed by atoms with Crippen LogP contribution in [0.3, 0.4) is 0 Å². The summed E-state index contributed by atoms with van der Waals surface area (Å²) in [5.41, 5.74) is -0.352. The summed E-state index contributed by atoms with van der Waals surface area (Å²) >= 11 is 0. The fourth-order valence-electron chi connectivity index (χ4n) is 4.40. The second-order valence-corrected chi connectivity index (χ2v) is 7.05. The molecular weight excluding hydrogens is 222 g/mol. The Morgan fingerprint density at radius 3 is 2.11 bits per heavy atom.